The summed E-state index contributed by atoms with van der Waals surface area (Å²) in [6, 6.07) is -2.73. The first-order chi connectivity index (χ1) is 19.5. The number of guanidine groups is 1. The van der Waals surface area contributed by atoms with Gasteiger partial charge < -0.3 is 56.9 Å². The molecule has 0 fully saturated rings. The molecule has 0 radical (unpaired) electrons. The number of hydrogen-bond donors (Lipinski definition) is 8. The molecule has 0 aliphatic rings. The number of nitrogens with zero attached hydrogens (tertiary/aromatic N) is 1. The number of nitrogens with two attached hydrogens (primary N) is 2. The number of carbonyl (C=O) groups is 6. The van der Waals surface area contributed by atoms with Crippen LogP contribution in [0.15, 0.2) is 4.99 Å². The number of hydrogen-bond acceptors (Lipinski definition) is 10. The second-order valence-electron chi connectivity index (χ2n) is 7.80. The first kappa shape index (κ1) is 39.9. The summed E-state index contributed by atoms with van der Waals surface area (Å²) in [5, 5.41) is 31.5. The van der Waals surface area contributed by atoms with E-state index in [0.717, 1.165) is 0 Å². The number of aliphatic imine (C=N–C) groups is 1. The summed E-state index contributed by atoms with van der Waals surface area (Å²) in [6.45, 7) is 0.381. The standard InChI is InChI=1S/C19H34N6O10.C2HF3O2/c1-33-5-6-34-7-8-35-11-15(27)24-12(3-2-4-22-19(20)21)17(30)23-10-14(26)25-13(18(31)32)9-16(28)29;3-2(4,5)1(6)7/h12-13H,2-11H2,1H3,(H,23,30)(H,24,27)(H,25,26)(H,28,29)(H,31,32)(H4,20,21,22);(H,6,7)/t12-,13-;/m0./s1. The smallest absolute Gasteiger partial charge is 0.481 e. The Balaban J connectivity index is 0. The Kier molecular flexibility index (Phi) is 21.3. The van der Waals surface area contributed by atoms with Gasteiger partial charge in [-0.2, -0.15) is 13.2 Å². The summed E-state index contributed by atoms with van der Waals surface area (Å²) in [5.74, 6) is -8.11. The maximum atomic E-state index is 12.5. The lowest BCUT2D eigenvalue weighted by Crippen LogP contribution is -2.51. The number of halogens is 3. The van der Waals surface area contributed by atoms with E-state index in [2.05, 4.69) is 15.6 Å². The Hall–Kier alpha value is -4.24. The fourth-order valence-electron chi connectivity index (χ4n) is 2.45. The van der Waals surface area contributed by atoms with E-state index in [9.17, 15) is 37.1 Å². The highest BCUT2D eigenvalue weighted by atomic mass is 19.4. The summed E-state index contributed by atoms with van der Waals surface area (Å²) in [4.78, 5) is 71.0. The quantitative estimate of drug-likeness (QED) is 0.0382. The highest BCUT2D eigenvalue weighted by Crippen LogP contribution is 2.13. The summed E-state index contributed by atoms with van der Waals surface area (Å²) in [6.07, 6.45) is -5.49. The van der Waals surface area contributed by atoms with Gasteiger partial charge in [0, 0.05) is 13.7 Å². The molecule has 18 nitrogen and oxygen atoms in total. The number of ether oxygens (including phenoxy) is 3. The fourth-order valence-corrected chi connectivity index (χ4v) is 2.45. The summed E-state index contributed by atoms with van der Waals surface area (Å²) in [5.41, 5.74) is 10.5. The van der Waals surface area contributed by atoms with E-state index in [4.69, 9.17) is 45.8 Å². The van der Waals surface area contributed by atoms with Crippen LogP contribution >= 0.6 is 0 Å². The average molecular weight is 621 g/mol. The van der Waals surface area contributed by atoms with Gasteiger partial charge in [-0.1, -0.05) is 0 Å². The molecule has 242 valence electrons. The third kappa shape index (κ3) is 23.6. The Morgan fingerprint density at radius 1 is 0.881 bits per heavy atom. The van der Waals surface area contributed by atoms with Gasteiger partial charge >= 0.3 is 24.1 Å². The lowest BCUT2D eigenvalue weighted by Gasteiger charge is -2.19. The van der Waals surface area contributed by atoms with Gasteiger partial charge in [-0.3, -0.25) is 24.2 Å². The minimum Gasteiger partial charge on any atom is -0.481 e. The molecule has 2 atom stereocenters. The van der Waals surface area contributed by atoms with Crippen molar-refractivity contribution in [2.24, 2.45) is 16.5 Å². The molecular formula is C21H35F3N6O12. The summed E-state index contributed by atoms with van der Waals surface area (Å²) >= 11 is 0. The second kappa shape index (κ2) is 22.4. The van der Waals surface area contributed by atoms with Gasteiger partial charge in [-0.05, 0) is 12.8 Å². The molecule has 0 saturated carbocycles. The van der Waals surface area contributed by atoms with Crippen LogP contribution in [0, 0.1) is 0 Å². The Labute approximate surface area is 236 Å². The van der Waals surface area contributed by atoms with Crippen LogP contribution in [0.4, 0.5) is 13.2 Å². The zero-order valence-corrected chi connectivity index (χ0v) is 22.5. The van der Waals surface area contributed by atoms with E-state index < -0.39 is 66.9 Å². The Morgan fingerprint density at radius 3 is 1.93 bits per heavy atom. The van der Waals surface area contributed by atoms with Crippen LogP contribution in [0.2, 0.25) is 0 Å². The van der Waals surface area contributed by atoms with Crippen molar-refractivity contribution in [3.8, 4) is 0 Å². The number of aliphatic carboxylic acids is 3. The van der Waals surface area contributed by atoms with Crippen molar-refractivity contribution in [1.82, 2.24) is 16.0 Å². The molecule has 0 heterocycles. The summed E-state index contributed by atoms with van der Waals surface area (Å²) < 4.78 is 46.9. The van der Waals surface area contributed by atoms with Gasteiger partial charge in [0.1, 0.15) is 18.7 Å². The van der Waals surface area contributed by atoms with Crippen molar-refractivity contribution in [2.75, 3.05) is 53.2 Å². The van der Waals surface area contributed by atoms with Crippen molar-refractivity contribution in [3.63, 3.8) is 0 Å². The van der Waals surface area contributed by atoms with Gasteiger partial charge in [-0.25, -0.2) is 9.59 Å². The molecule has 0 aromatic carbocycles. The van der Waals surface area contributed by atoms with Crippen molar-refractivity contribution >= 4 is 41.6 Å². The van der Waals surface area contributed by atoms with E-state index in [0.29, 0.717) is 19.6 Å². The van der Waals surface area contributed by atoms with Crippen LogP contribution in [0.25, 0.3) is 0 Å². The lowest BCUT2D eigenvalue weighted by atomic mass is 10.1. The SMILES string of the molecule is COCCOCCOCC(=O)N[C@@H](CCCN=C(N)N)C(=O)NCC(=O)N[C@@H](CC(=O)O)C(=O)O.O=C(O)C(F)(F)F. The van der Waals surface area contributed by atoms with E-state index in [1.54, 1.807) is 0 Å². The molecule has 0 aliphatic carbocycles. The van der Waals surface area contributed by atoms with Gasteiger partial charge in [0.2, 0.25) is 17.7 Å². The molecule has 0 saturated heterocycles. The molecule has 10 N–H and O–H groups in total. The predicted octanol–water partition coefficient (Wildman–Crippen LogP) is -3.00. The molecule has 0 aromatic rings. The normalized spacial score (nSPS) is 12.0. The fraction of sp³-hybridized carbons (Fsp3) is 0.667. The zero-order chi connectivity index (χ0) is 32.7. The maximum Gasteiger partial charge on any atom is 0.490 e. The van der Waals surface area contributed by atoms with Gasteiger partial charge in [-0.15, -0.1) is 0 Å². The first-order valence-corrected chi connectivity index (χ1v) is 11.8. The minimum absolute atomic E-state index is 0.118. The van der Waals surface area contributed by atoms with Crippen LogP contribution in [0.5, 0.6) is 0 Å². The number of nitrogens with one attached hydrogen (secondary N) is 3. The predicted molar refractivity (Wildman–Crippen MR) is 134 cm³/mol. The number of carboxylic acid groups (broad SMARTS) is 3. The second-order valence-corrected chi connectivity index (χ2v) is 7.80. The molecule has 0 aliphatic heterocycles. The number of carbonyl (C=O) groups excluding carboxylic acids is 3. The molecule has 42 heavy (non-hydrogen) atoms. The Morgan fingerprint density at radius 2 is 1.43 bits per heavy atom. The van der Waals surface area contributed by atoms with Gasteiger partial charge in [0.25, 0.3) is 0 Å². The van der Waals surface area contributed by atoms with Crippen molar-refractivity contribution in [2.45, 2.75) is 37.5 Å². The van der Waals surface area contributed by atoms with Crippen molar-refractivity contribution in [1.29, 1.82) is 0 Å². The molecule has 0 spiro atoms. The lowest BCUT2D eigenvalue weighted by molar-refractivity contribution is -0.192. The van der Waals surface area contributed by atoms with Crippen LogP contribution in [-0.2, 0) is 43.0 Å². The molecular weight excluding hydrogens is 585 g/mol. The van der Waals surface area contributed by atoms with E-state index in [1.165, 1.54) is 7.11 Å². The number of rotatable bonds is 20. The molecule has 3 amide bonds. The maximum absolute atomic E-state index is 12.5. The van der Waals surface area contributed by atoms with Crippen molar-refractivity contribution < 1.29 is 71.5 Å². The largest absolute Gasteiger partial charge is 0.490 e. The average Bonchev–Trinajstić information content (AvgIpc) is 2.87. The van der Waals surface area contributed by atoms with Crippen LogP contribution < -0.4 is 27.4 Å². The van der Waals surface area contributed by atoms with E-state index in [1.807, 2.05) is 5.32 Å². The molecule has 0 aromatic heterocycles. The number of methoxy groups -OCH3 is 1. The number of carboxylic acids is 3. The van der Waals surface area contributed by atoms with Gasteiger partial charge in [0.15, 0.2) is 5.96 Å². The van der Waals surface area contributed by atoms with Crippen LogP contribution in [0.3, 0.4) is 0 Å². The summed E-state index contributed by atoms with van der Waals surface area (Å²) in [7, 11) is 1.53. The third-order valence-corrected chi connectivity index (χ3v) is 4.31. The van der Waals surface area contributed by atoms with Gasteiger partial charge in [0.05, 0.1) is 39.4 Å². The van der Waals surface area contributed by atoms with E-state index >= 15 is 0 Å². The molecule has 0 unspecified atom stereocenters. The first-order valence-electron chi connectivity index (χ1n) is 11.8. The minimum atomic E-state index is -5.08. The highest BCUT2D eigenvalue weighted by molar-refractivity contribution is 5.92. The molecule has 21 heteroatoms. The van der Waals surface area contributed by atoms with Crippen LogP contribution in [0.1, 0.15) is 19.3 Å². The number of alkyl halides is 3. The monoisotopic (exact) mass is 620 g/mol. The topological polar surface area (TPSA) is 291 Å². The molecule has 0 rings (SSSR count). The number of amides is 3. The van der Waals surface area contributed by atoms with Crippen LogP contribution in [-0.4, -0.2) is 128 Å². The highest BCUT2D eigenvalue weighted by Gasteiger charge is 2.38. The van der Waals surface area contributed by atoms with Crippen molar-refractivity contribution in [3.05, 3.63) is 0 Å². The Bertz CT molecular complexity index is 916. The van der Waals surface area contributed by atoms with E-state index in [-0.39, 0.29) is 38.7 Å². The zero-order valence-electron chi connectivity index (χ0n) is 22.5. The third-order valence-electron chi connectivity index (χ3n) is 4.31. The molecule has 0 bridgehead atoms.